The largest absolute Gasteiger partial charge is 0.367 e. The maximum atomic E-state index is 12.7. The second-order valence-electron chi connectivity index (χ2n) is 9.09. The van der Waals surface area contributed by atoms with Crippen LogP contribution in [0.1, 0.15) is 38.3 Å². The van der Waals surface area contributed by atoms with Crippen LogP contribution >= 0.6 is 0 Å². The smallest absolute Gasteiger partial charge is 0.220 e. The SMILES string of the molecule is Cc1ncc(N2C[C@@H](C)C[C@@H](NC(=O)CC3CCN(C)CC3)C2)c2cccnc12. The van der Waals surface area contributed by atoms with Crippen LogP contribution in [0.25, 0.3) is 10.9 Å². The van der Waals surface area contributed by atoms with Gasteiger partial charge >= 0.3 is 0 Å². The van der Waals surface area contributed by atoms with Gasteiger partial charge in [0.05, 0.1) is 23.1 Å². The number of piperidine rings is 2. The maximum Gasteiger partial charge on any atom is 0.220 e. The predicted octanol–water partition coefficient (Wildman–Crippen LogP) is 3.00. The van der Waals surface area contributed by atoms with E-state index < -0.39 is 0 Å². The molecule has 0 radical (unpaired) electrons. The minimum Gasteiger partial charge on any atom is -0.367 e. The Morgan fingerprint density at radius 3 is 2.83 bits per heavy atom. The second kappa shape index (κ2) is 8.66. The summed E-state index contributed by atoms with van der Waals surface area (Å²) >= 11 is 0. The summed E-state index contributed by atoms with van der Waals surface area (Å²) in [7, 11) is 2.16. The Morgan fingerprint density at radius 1 is 1.24 bits per heavy atom. The molecule has 2 aliphatic heterocycles. The highest BCUT2D eigenvalue weighted by Gasteiger charge is 2.28. The molecule has 0 aromatic carbocycles. The average Bonchev–Trinajstić information content (AvgIpc) is 2.70. The van der Waals surface area contributed by atoms with Gasteiger partial charge in [0.15, 0.2) is 0 Å². The first kappa shape index (κ1) is 20.1. The van der Waals surface area contributed by atoms with Gasteiger partial charge in [-0.15, -0.1) is 0 Å². The van der Waals surface area contributed by atoms with Crippen molar-refractivity contribution in [3.8, 4) is 0 Å². The van der Waals surface area contributed by atoms with E-state index in [1.165, 1.54) is 0 Å². The van der Waals surface area contributed by atoms with E-state index in [2.05, 4.69) is 45.1 Å². The first-order chi connectivity index (χ1) is 14.0. The van der Waals surface area contributed by atoms with Crippen LogP contribution in [0.2, 0.25) is 0 Å². The normalized spacial score (nSPS) is 24.0. The molecule has 4 heterocycles. The molecular formula is C23H33N5O. The van der Waals surface area contributed by atoms with Crippen molar-refractivity contribution in [2.75, 3.05) is 38.1 Å². The molecule has 156 valence electrons. The van der Waals surface area contributed by atoms with Crippen LogP contribution < -0.4 is 10.2 Å². The predicted molar refractivity (Wildman–Crippen MR) is 117 cm³/mol. The number of nitrogens with one attached hydrogen (secondary N) is 1. The molecule has 0 spiro atoms. The van der Waals surface area contributed by atoms with Crippen LogP contribution in [0, 0.1) is 18.8 Å². The van der Waals surface area contributed by atoms with Gasteiger partial charge in [-0.3, -0.25) is 14.8 Å². The lowest BCUT2D eigenvalue weighted by Gasteiger charge is -2.39. The molecule has 2 aromatic rings. The van der Waals surface area contributed by atoms with E-state index in [1.54, 1.807) is 0 Å². The number of aromatic nitrogens is 2. The Morgan fingerprint density at radius 2 is 2.03 bits per heavy atom. The highest BCUT2D eigenvalue weighted by molar-refractivity contribution is 5.92. The van der Waals surface area contributed by atoms with Gasteiger partial charge in [-0.2, -0.15) is 0 Å². The summed E-state index contributed by atoms with van der Waals surface area (Å²) in [5, 5.41) is 4.48. The Bertz CT molecular complexity index is 861. The third kappa shape index (κ3) is 4.69. The number of hydrogen-bond acceptors (Lipinski definition) is 5. The Labute approximate surface area is 173 Å². The lowest BCUT2D eigenvalue weighted by molar-refractivity contribution is -0.123. The van der Waals surface area contributed by atoms with Crippen LogP contribution in [-0.4, -0.2) is 60.0 Å². The van der Waals surface area contributed by atoms with Crippen molar-refractivity contribution in [1.82, 2.24) is 20.2 Å². The molecule has 6 nitrogen and oxygen atoms in total. The molecule has 1 amide bonds. The van der Waals surface area contributed by atoms with Crippen LogP contribution in [0.5, 0.6) is 0 Å². The van der Waals surface area contributed by atoms with E-state index in [4.69, 9.17) is 0 Å². The molecule has 0 unspecified atom stereocenters. The van der Waals surface area contributed by atoms with Gasteiger partial charge in [0.2, 0.25) is 5.91 Å². The number of aryl methyl sites for hydroxylation is 1. The molecule has 0 saturated carbocycles. The van der Waals surface area contributed by atoms with E-state index in [0.717, 1.165) is 67.7 Å². The molecule has 0 aliphatic carbocycles. The number of nitrogens with zero attached hydrogens (tertiary/aromatic N) is 4. The Balaban J connectivity index is 1.43. The standard InChI is InChI=1S/C23H33N5O/c1-16-11-19(26-22(29)12-18-6-9-27(3)10-7-18)15-28(14-16)21-13-25-17(2)23-20(21)5-4-8-24-23/h4-5,8,13,16,18-19H,6-7,9-12,14-15H2,1-3H3,(H,26,29)/t16-,19+/m0/s1. The van der Waals surface area contributed by atoms with Gasteiger partial charge in [-0.25, -0.2) is 0 Å². The van der Waals surface area contributed by atoms with Crippen molar-refractivity contribution in [3.63, 3.8) is 0 Å². The van der Waals surface area contributed by atoms with E-state index in [0.29, 0.717) is 18.3 Å². The first-order valence-corrected chi connectivity index (χ1v) is 10.9. The summed E-state index contributed by atoms with van der Waals surface area (Å²) in [6.07, 6.45) is 7.75. The van der Waals surface area contributed by atoms with Gasteiger partial charge < -0.3 is 15.1 Å². The van der Waals surface area contributed by atoms with E-state index in [1.807, 2.05) is 25.4 Å². The maximum absolute atomic E-state index is 12.7. The molecule has 2 fully saturated rings. The lowest BCUT2D eigenvalue weighted by atomic mass is 9.92. The fraction of sp³-hybridized carbons (Fsp3) is 0.609. The van der Waals surface area contributed by atoms with E-state index >= 15 is 0 Å². The quantitative estimate of drug-likeness (QED) is 0.862. The number of anilines is 1. The van der Waals surface area contributed by atoms with Crippen molar-refractivity contribution in [1.29, 1.82) is 0 Å². The van der Waals surface area contributed by atoms with Gasteiger partial charge in [0.1, 0.15) is 0 Å². The van der Waals surface area contributed by atoms with E-state index in [-0.39, 0.29) is 11.9 Å². The highest BCUT2D eigenvalue weighted by Crippen LogP contribution is 2.30. The fourth-order valence-corrected chi connectivity index (χ4v) is 4.91. The topological polar surface area (TPSA) is 61.4 Å². The van der Waals surface area contributed by atoms with Crippen LogP contribution in [0.4, 0.5) is 5.69 Å². The number of fused-ring (bicyclic) bond motifs is 1. The van der Waals surface area contributed by atoms with Gasteiger partial charge in [-0.1, -0.05) is 6.92 Å². The van der Waals surface area contributed by atoms with Crippen molar-refractivity contribution in [2.24, 2.45) is 11.8 Å². The summed E-state index contributed by atoms with van der Waals surface area (Å²) < 4.78 is 0. The lowest BCUT2D eigenvalue weighted by Crippen LogP contribution is -2.51. The fourth-order valence-electron chi connectivity index (χ4n) is 4.91. The number of carbonyl (C=O) groups is 1. The first-order valence-electron chi connectivity index (χ1n) is 10.9. The zero-order valence-electron chi connectivity index (χ0n) is 17.9. The molecule has 0 bridgehead atoms. The molecule has 2 aromatic heterocycles. The van der Waals surface area contributed by atoms with Crippen LogP contribution in [-0.2, 0) is 4.79 Å². The molecule has 4 rings (SSSR count). The van der Waals surface area contributed by atoms with Gasteiger partial charge in [0, 0.05) is 37.1 Å². The van der Waals surface area contributed by atoms with Crippen molar-refractivity contribution in [2.45, 2.75) is 45.6 Å². The molecule has 2 atom stereocenters. The summed E-state index contributed by atoms with van der Waals surface area (Å²) in [6.45, 7) is 8.30. The monoisotopic (exact) mass is 395 g/mol. The number of carbonyl (C=O) groups excluding carboxylic acids is 1. The van der Waals surface area contributed by atoms with Crippen molar-refractivity contribution >= 4 is 22.5 Å². The molecule has 29 heavy (non-hydrogen) atoms. The highest BCUT2D eigenvalue weighted by atomic mass is 16.1. The summed E-state index contributed by atoms with van der Waals surface area (Å²) in [6, 6.07) is 4.30. The van der Waals surface area contributed by atoms with Crippen LogP contribution in [0.3, 0.4) is 0 Å². The zero-order valence-corrected chi connectivity index (χ0v) is 17.9. The van der Waals surface area contributed by atoms with E-state index in [9.17, 15) is 4.79 Å². The molecule has 6 heteroatoms. The third-order valence-corrected chi connectivity index (χ3v) is 6.48. The number of rotatable bonds is 4. The summed E-state index contributed by atoms with van der Waals surface area (Å²) in [5.74, 6) is 1.26. The number of likely N-dealkylation sites (tertiary alicyclic amines) is 1. The van der Waals surface area contributed by atoms with Gasteiger partial charge in [0.25, 0.3) is 0 Å². The number of hydrogen-bond donors (Lipinski definition) is 1. The Hall–Kier alpha value is -2.21. The molecule has 2 aliphatic rings. The molecular weight excluding hydrogens is 362 g/mol. The average molecular weight is 396 g/mol. The third-order valence-electron chi connectivity index (χ3n) is 6.48. The summed E-state index contributed by atoms with van der Waals surface area (Å²) in [4.78, 5) is 26.5. The number of amides is 1. The van der Waals surface area contributed by atoms with Crippen LogP contribution in [0.15, 0.2) is 24.5 Å². The minimum absolute atomic E-state index is 0.186. The van der Waals surface area contributed by atoms with Gasteiger partial charge in [-0.05, 0) is 70.3 Å². The number of pyridine rings is 2. The Kier molecular flexibility index (Phi) is 5.99. The molecule has 1 N–H and O–H groups in total. The summed E-state index contributed by atoms with van der Waals surface area (Å²) in [5.41, 5.74) is 3.04. The zero-order chi connectivity index (χ0) is 20.4. The molecule has 2 saturated heterocycles. The minimum atomic E-state index is 0.186. The van der Waals surface area contributed by atoms with Crippen molar-refractivity contribution < 1.29 is 4.79 Å². The van der Waals surface area contributed by atoms with Crippen molar-refractivity contribution in [3.05, 3.63) is 30.2 Å². The second-order valence-corrected chi connectivity index (χ2v) is 9.09.